The molecule has 1 aromatic rings. The van der Waals surface area contributed by atoms with Gasteiger partial charge in [-0.25, -0.2) is 4.79 Å². The lowest BCUT2D eigenvalue weighted by Crippen LogP contribution is -2.12. The highest BCUT2D eigenvalue weighted by molar-refractivity contribution is 14.1. The summed E-state index contributed by atoms with van der Waals surface area (Å²) in [5.74, 6) is -1.13. The first kappa shape index (κ1) is 13.3. The highest BCUT2D eigenvalue weighted by Crippen LogP contribution is 2.22. The molecule has 0 bridgehead atoms. The molecule has 0 aromatic carbocycles. The molecule has 0 fully saturated rings. The molecule has 1 rings (SSSR count). The second-order valence-electron chi connectivity index (χ2n) is 3.26. The molecule has 90 valence electrons. The van der Waals surface area contributed by atoms with Crippen molar-refractivity contribution in [3.05, 3.63) is 21.5 Å². The molecule has 0 spiro atoms. The second-order valence-corrected chi connectivity index (χ2v) is 4.51. The van der Waals surface area contributed by atoms with Gasteiger partial charge in [-0.2, -0.15) is 13.2 Å². The number of hydrogen-bond acceptors (Lipinski definition) is 1. The first-order valence-electron chi connectivity index (χ1n) is 4.45. The van der Waals surface area contributed by atoms with Crippen molar-refractivity contribution in [3.63, 3.8) is 0 Å². The van der Waals surface area contributed by atoms with Crippen LogP contribution in [-0.2, 0) is 6.54 Å². The van der Waals surface area contributed by atoms with E-state index in [-0.39, 0.29) is 18.7 Å². The van der Waals surface area contributed by atoms with Crippen molar-refractivity contribution < 1.29 is 23.1 Å². The minimum atomic E-state index is -4.19. The van der Waals surface area contributed by atoms with Gasteiger partial charge in [-0.1, -0.05) is 0 Å². The third-order valence-corrected chi connectivity index (χ3v) is 2.53. The summed E-state index contributed by atoms with van der Waals surface area (Å²) in [4.78, 5) is 10.7. The number of halogens is 4. The first-order valence-corrected chi connectivity index (χ1v) is 5.53. The maximum atomic E-state index is 11.9. The topological polar surface area (TPSA) is 42.2 Å². The number of aromatic carboxylic acids is 1. The van der Waals surface area contributed by atoms with Gasteiger partial charge in [-0.3, -0.25) is 0 Å². The van der Waals surface area contributed by atoms with Crippen molar-refractivity contribution in [2.45, 2.75) is 25.6 Å². The lowest BCUT2D eigenvalue weighted by Gasteiger charge is -2.08. The Morgan fingerprint density at radius 2 is 2.12 bits per heavy atom. The molecule has 0 aliphatic heterocycles. The van der Waals surface area contributed by atoms with Gasteiger partial charge in [0.15, 0.2) is 0 Å². The zero-order chi connectivity index (χ0) is 12.3. The van der Waals surface area contributed by atoms with Crippen molar-refractivity contribution in [1.29, 1.82) is 0 Å². The van der Waals surface area contributed by atoms with Gasteiger partial charge in [0.1, 0.15) is 5.69 Å². The largest absolute Gasteiger partial charge is 0.477 e. The van der Waals surface area contributed by atoms with Crippen molar-refractivity contribution in [2.75, 3.05) is 0 Å². The van der Waals surface area contributed by atoms with Crippen LogP contribution in [-0.4, -0.2) is 21.8 Å². The van der Waals surface area contributed by atoms with E-state index in [1.165, 1.54) is 16.8 Å². The van der Waals surface area contributed by atoms with Crippen molar-refractivity contribution in [2.24, 2.45) is 0 Å². The number of carboxylic acids is 1. The summed E-state index contributed by atoms with van der Waals surface area (Å²) in [6.07, 6.45) is -3.68. The van der Waals surface area contributed by atoms with Crippen LogP contribution in [0.25, 0.3) is 0 Å². The maximum absolute atomic E-state index is 11.9. The van der Waals surface area contributed by atoms with Crippen LogP contribution in [0.5, 0.6) is 0 Å². The average Bonchev–Trinajstić information content (AvgIpc) is 2.44. The van der Waals surface area contributed by atoms with Crippen LogP contribution in [0.3, 0.4) is 0 Å². The monoisotopic (exact) mass is 347 g/mol. The maximum Gasteiger partial charge on any atom is 0.389 e. The van der Waals surface area contributed by atoms with Gasteiger partial charge in [-0.05, 0) is 35.1 Å². The third-order valence-electron chi connectivity index (χ3n) is 1.94. The van der Waals surface area contributed by atoms with Crippen molar-refractivity contribution in [1.82, 2.24) is 4.57 Å². The molecule has 0 aliphatic carbocycles. The Bertz CT molecular complexity index is 387. The van der Waals surface area contributed by atoms with Crippen LogP contribution in [0.4, 0.5) is 13.2 Å². The van der Waals surface area contributed by atoms with E-state index in [1.807, 2.05) is 22.6 Å². The lowest BCUT2D eigenvalue weighted by atomic mass is 10.3. The fraction of sp³-hybridized carbons (Fsp3) is 0.444. The molecule has 0 aliphatic rings. The van der Waals surface area contributed by atoms with Crippen molar-refractivity contribution in [3.8, 4) is 0 Å². The molecule has 3 nitrogen and oxygen atoms in total. The molecule has 0 radical (unpaired) electrons. The number of rotatable bonds is 4. The van der Waals surface area contributed by atoms with Crippen LogP contribution < -0.4 is 0 Å². The van der Waals surface area contributed by atoms with E-state index < -0.39 is 18.6 Å². The van der Waals surface area contributed by atoms with Crippen molar-refractivity contribution >= 4 is 28.6 Å². The third kappa shape index (κ3) is 4.03. The van der Waals surface area contributed by atoms with E-state index in [0.717, 1.165) is 0 Å². The fourth-order valence-electron chi connectivity index (χ4n) is 1.29. The number of hydrogen-bond donors (Lipinski definition) is 1. The quantitative estimate of drug-likeness (QED) is 0.851. The number of alkyl halides is 3. The van der Waals surface area contributed by atoms with E-state index in [2.05, 4.69) is 0 Å². The van der Waals surface area contributed by atoms with Crippen LogP contribution in [0.15, 0.2) is 12.3 Å². The molecular weight excluding hydrogens is 338 g/mol. The smallest absolute Gasteiger partial charge is 0.389 e. The summed E-state index contributed by atoms with van der Waals surface area (Å²) in [5.41, 5.74) is 0.0200. The molecular formula is C9H9F3INO2. The first-order chi connectivity index (χ1) is 7.29. The molecule has 16 heavy (non-hydrogen) atoms. The van der Waals surface area contributed by atoms with Gasteiger partial charge in [-0.15, -0.1) is 0 Å². The minimum Gasteiger partial charge on any atom is -0.477 e. The van der Waals surface area contributed by atoms with E-state index in [9.17, 15) is 18.0 Å². The molecule has 0 saturated heterocycles. The van der Waals surface area contributed by atoms with Crippen LogP contribution >= 0.6 is 22.6 Å². The van der Waals surface area contributed by atoms with E-state index >= 15 is 0 Å². The molecule has 0 unspecified atom stereocenters. The molecule has 0 atom stereocenters. The van der Waals surface area contributed by atoms with E-state index in [0.29, 0.717) is 3.57 Å². The summed E-state index contributed by atoms with van der Waals surface area (Å²) < 4.78 is 37.7. The zero-order valence-corrected chi connectivity index (χ0v) is 10.2. The molecule has 1 heterocycles. The molecule has 7 heteroatoms. The second kappa shape index (κ2) is 5.07. The van der Waals surface area contributed by atoms with Gasteiger partial charge < -0.3 is 9.67 Å². The Balaban J connectivity index is 2.63. The van der Waals surface area contributed by atoms with Gasteiger partial charge in [0.25, 0.3) is 0 Å². The number of nitrogens with zero attached hydrogens (tertiary/aromatic N) is 1. The summed E-state index contributed by atoms with van der Waals surface area (Å²) in [5, 5.41) is 8.79. The molecule has 0 saturated carbocycles. The predicted octanol–water partition coefficient (Wildman–Crippen LogP) is 3.13. The van der Waals surface area contributed by atoms with Crippen LogP contribution in [0, 0.1) is 3.57 Å². The van der Waals surface area contributed by atoms with Gasteiger partial charge in [0.2, 0.25) is 0 Å². The van der Waals surface area contributed by atoms with Gasteiger partial charge in [0, 0.05) is 22.7 Å². The van der Waals surface area contributed by atoms with Crippen LogP contribution in [0.1, 0.15) is 23.3 Å². The van der Waals surface area contributed by atoms with E-state index in [1.54, 1.807) is 0 Å². The predicted molar refractivity (Wildman–Crippen MR) is 59.4 cm³/mol. The number of carboxylic acid groups (broad SMARTS) is 1. The normalized spacial score (nSPS) is 11.8. The number of aryl methyl sites for hydroxylation is 1. The van der Waals surface area contributed by atoms with Crippen LogP contribution in [0.2, 0.25) is 0 Å². The van der Waals surface area contributed by atoms with Gasteiger partial charge >= 0.3 is 12.1 Å². The Morgan fingerprint density at radius 1 is 1.50 bits per heavy atom. The summed E-state index contributed by atoms with van der Waals surface area (Å²) >= 11 is 1.92. The number of aromatic nitrogens is 1. The zero-order valence-electron chi connectivity index (χ0n) is 8.09. The van der Waals surface area contributed by atoms with E-state index in [4.69, 9.17) is 5.11 Å². The minimum absolute atomic E-state index is 0.0200. The summed E-state index contributed by atoms with van der Waals surface area (Å²) in [6, 6.07) is 1.43. The molecule has 1 aromatic heterocycles. The fourth-order valence-corrected chi connectivity index (χ4v) is 1.92. The average molecular weight is 347 g/mol. The Hall–Kier alpha value is -0.730. The Labute approximate surface area is 103 Å². The summed E-state index contributed by atoms with van der Waals surface area (Å²) in [7, 11) is 0. The van der Waals surface area contributed by atoms with Gasteiger partial charge in [0.05, 0.1) is 0 Å². The highest BCUT2D eigenvalue weighted by atomic mass is 127. The summed E-state index contributed by atoms with van der Waals surface area (Å²) in [6.45, 7) is 0.0597. The lowest BCUT2D eigenvalue weighted by molar-refractivity contribution is -0.135. The standard InChI is InChI=1S/C9H9F3INO2/c10-9(11,12)2-1-3-14-5-6(13)4-7(14)8(15)16/h4-5H,1-3H2,(H,15,16). The molecule has 0 amide bonds. The SMILES string of the molecule is O=C(O)c1cc(I)cn1CCCC(F)(F)F. The Morgan fingerprint density at radius 3 is 2.62 bits per heavy atom. The Kier molecular flexibility index (Phi) is 4.22. The number of carbonyl (C=O) groups is 1. The molecule has 1 N–H and O–H groups in total. The highest BCUT2D eigenvalue weighted by Gasteiger charge is 2.26.